The minimum atomic E-state index is -0.398. The third-order valence-corrected chi connectivity index (χ3v) is 5.11. The van der Waals surface area contributed by atoms with Gasteiger partial charge in [-0.05, 0) is 42.3 Å². The molecule has 0 radical (unpaired) electrons. The number of halogens is 1. The number of nitrogens with one attached hydrogen (secondary N) is 1. The fourth-order valence-corrected chi connectivity index (χ4v) is 3.51. The maximum Gasteiger partial charge on any atom is 0.324 e. The van der Waals surface area contributed by atoms with Crippen molar-refractivity contribution < 1.29 is 14.0 Å². The van der Waals surface area contributed by atoms with E-state index in [1.54, 1.807) is 35.2 Å². The Hall–Kier alpha value is -3.25. The van der Waals surface area contributed by atoms with Gasteiger partial charge in [0.05, 0.1) is 17.0 Å². The van der Waals surface area contributed by atoms with Crippen LogP contribution in [-0.4, -0.2) is 29.9 Å². The molecule has 29 heavy (non-hydrogen) atoms. The number of carbonyl (C=O) groups excluding carboxylic acids is 2. The molecule has 1 saturated heterocycles. The molecule has 0 atom stereocenters. The smallest absolute Gasteiger partial charge is 0.324 e. The molecule has 148 valence electrons. The molecule has 6 nitrogen and oxygen atoms in total. The topological polar surface area (TPSA) is 65.8 Å². The molecule has 2 heterocycles. The minimum absolute atomic E-state index is 0.0641. The fraction of sp³-hybridized carbons (Fsp3) is 0.182. The number of hydrogen-bond donors (Lipinski definition) is 1. The van der Waals surface area contributed by atoms with Crippen LogP contribution in [0.2, 0.25) is 5.02 Å². The zero-order valence-electron chi connectivity index (χ0n) is 15.7. The first-order valence-electron chi connectivity index (χ1n) is 9.36. The summed E-state index contributed by atoms with van der Waals surface area (Å²) in [7, 11) is 0. The molecule has 1 N–H and O–H groups in total. The monoisotopic (exact) mass is 409 g/mol. The summed E-state index contributed by atoms with van der Waals surface area (Å²) in [6.07, 6.45) is 2.29. The lowest BCUT2D eigenvalue weighted by molar-refractivity contribution is 0.0996. The third-order valence-electron chi connectivity index (χ3n) is 4.78. The van der Waals surface area contributed by atoms with Crippen molar-refractivity contribution >= 4 is 34.9 Å². The zero-order valence-corrected chi connectivity index (χ0v) is 16.4. The maximum atomic E-state index is 13.1. The van der Waals surface area contributed by atoms with Gasteiger partial charge in [0.25, 0.3) is 5.91 Å². The lowest BCUT2D eigenvalue weighted by Crippen LogP contribution is -2.49. The molecule has 1 aliphatic heterocycles. The standard InChI is InChI=1S/C22H20ClN3O3/c23-18-10-9-17(14-19(18)24-21(27)20-8-4-13-29-20)26-12-5-11-25(22(26)28)15-16-6-2-1-3-7-16/h1-4,6-10,13-14H,5,11-12,15H2,(H,24,27). The van der Waals surface area contributed by atoms with Gasteiger partial charge < -0.3 is 14.6 Å². The first-order chi connectivity index (χ1) is 14.1. The van der Waals surface area contributed by atoms with Crippen molar-refractivity contribution in [2.24, 2.45) is 0 Å². The summed E-state index contributed by atoms with van der Waals surface area (Å²) in [4.78, 5) is 28.9. The molecule has 1 aromatic heterocycles. The molecular formula is C22H20ClN3O3. The molecule has 1 aliphatic rings. The number of rotatable bonds is 5. The summed E-state index contributed by atoms with van der Waals surface area (Å²) >= 11 is 6.25. The van der Waals surface area contributed by atoms with Gasteiger partial charge in [-0.2, -0.15) is 0 Å². The van der Waals surface area contributed by atoms with Crippen molar-refractivity contribution in [1.82, 2.24) is 4.90 Å². The first-order valence-corrected chi connectivity index (χ1v) is 9.74. The van der Waals surface area contributed by atoms with E-state index in [0.29, 0.717) is 36.0 Å². The first kappa shape index (κ1) is 19.1. The average molecular weight is 410 g/mol. The van der Waals surface area contributed by atoms with E-state index in [0.717, 1.165) is 12.0 Å². The second-order valence-corrected chi connectivity index (χ2v) is 7.20. The highest BCUT2D eigenvalue weighted by atomic mass is 35.5. The van der Waals surface area contributed by atoms with E-state index in [9.17, 15) is 9.59 Å². The lowest BCUT2D eigenvalue weighted by atomic mass is 10.1. The SMILES string of the molecule is O=C(Nc1cc(N2CCCN(Cc3ccccc3)C2=O)ccc1Cl)c1ccco1. The molecule has 4 rings (SSSR count). The fourth-order valence-electron chi connectivity index (χ4n) is 3.34. The van der Waals surface area contributed by atoms with Gasteiger partial charge in [-0.3, -0.25) is 9.69 Å². The molecule has 0 aliphatic carbocycles. The molecule has 0 bridgehead atoms. The molecule has 0 saturated carbocycles. The van der Waals surface area contributed by atoms with E-state index in [2.05, 4.69) is 5.32 Å². The summed E-state index contributed by atoms with van der Waals surface area (Å²) in [6.45, 7) is 1.88. The predicted octanol–water partition coefficient (Wildman–Crippen LogP) is 5.02. The summed E-state index contributed by atoms with van der Waals surface area (Å²) in [5.74, 6) is -0.209. The number of amides is 3. The van der Waals surface area contributed by atoms with Crippen LogP contribution in [0.1, 0.15) is 22.5 Å². The number of furan rings is 1. The second kappa shape index (κ2) is 8.41. The van der Waals surface area contributed by atoms with Gasteiger partial charge in [-0.15, -0.1) is 0 Å². The van der Waals surface area contributed by atoms with Gasteiger partial charge in [0, 0.05) is 25.3 Å². The number of carbonyl (C=O) groups is 2. The molecule has 7 heteroatoms. The van der Waals surface area contributed by atoms with Crippen molar-refractivity contribution in [1.29, 1.82) is 0 Å². The third kappa shape index (κ3) is 4.27. The Kier molecular flexibility index (Phi) is 5.53. The normalized spacial score (nSPS) is 14.2. The average Bonchev–Trinajstić information content (AvgIpc) is 3.27. The van der Waals surface area contributed by atoms with Crippen LogP contribution in [-0.2, 0) is 6.54 Å². The van der Waals surface area contributed by atoms with E-state index in [-0.39, 0.29) is 11.8 Å². The van der Waals surface area contributed by atoms with Crippen LogP contribution >= 0.6 is 11.6 Å². The zero-order chi connectivity index (χ0) is 20.2. The van der Waals surface area contributed by atoms with Crippen molar-refractivity contribution in [2.45, 2.75) is 13.0 Å². The van der Waals surface area contributed by atoms with E-state index in [1.807, 2.05) is 35.2 Å². The van der Waals surface area contributed by atoms with E-state index < -0.39 is 5.91 Å². The van der Waals surface area contributed by atoms with Crippen LogP contribution in [0.5, 0.6) is 0 Å². The van der Waals surface area contributed by atoms with Gasteiger partial charge >= 0.3 is 6.03 Å². The number of hydrogen-bond acceptors (Lipinski definition) is 3. The summed E-state index contributed by atoms with van der Waals surface area (Å²) < 4.78 is 5.12. The second-order valence-electron chi connectivity index (χ2n) is 6.79. The largest absolute Gasteiger partial charge is 0.459 e. The summed E-state index contributed by atoms with van der Waals surface area (Å²) in [5.41, 5.74) is 2.20. The number of urea groups is 1. The Morgan fingerprint density at radius 2 is 1.90 bits per heavy atom. The number of nitrogens with zero attached hydrogens (tertiary/aromatic N) is 2. The number of anilines is 2. The Labute approximate surface area is 173 Å². The molecule has 1 fully saturated rings. The minimum Gasteiger partial charge on any atom is -0.459 e. The highest BCUT2D eigenvalue weighted by Crippen LogP contribution is 2.30. The van der Waals surface area contributed by atoms with Gasteiger partial charge in [0.1, 0.15) is 0 Å². The Bertz CT molecular complexity index is 1010. The molecule has 0 unspecified atom stereocenters. The van der Waals surface area contributed by atoms with Crippen LogP contribution in [0, 0.1) is 0 Å². The van der Waals surface area contributed by atoms with Crippen molar-refractivity contribution in [3.8, 4) is 0 Å². The van der Waals surface area contributed by atoms with Crippen molar-refractivity contribution in [3.63, 3.8) is 0 Å². The van der Waals surface area contributed by atoms with Crippen LogP contribution in [0.25, 0.3) is 0 Å². The van der Waals surface area contributed by atoms with Crippen molar-refractivity contribution in [3.05, 3.63) is 83.3 Å². The van der Waals surface area contributed by atoms with E-state index >= 15 is 0 Å². The Balaban J connectivity index is 1.52. The van der Waals surface area contributed by atoms with Gasteiger partial charge in [0.2, 0.25) is 0 Å². The van der Waals surface area contributed by atoms with Gasteiger partial charge in [0.15, 0.2) is 5.76 Å². The predicted molar refractivity (Wildman–Crippen MR) is 112 cm³/mol. The van der Waals surface area contributed by atoms with Crippen LogP contribution in [0.4, 0.5) is 16.2 Å². The molecule has 2 aromatic carbocycles. The van der Waals surface area contributed by atoms with Crippen LogP contribution in [0.15, 0.2) is 71.3 Å². The summed E-state index contributed by atoms with van der Waals surface area (Å²) in [5, 5.41) is 3.13. The Morgan fingerprint density at radius 3 is 2.66 bits per heavy atom. The van der Waals surface area contributed by atoms with E-state index in [4.69, 9.17) is 16.0 Å². The van der Waals surface area contributed by atoms with Gasteiger partial charge in [-0.25, -0.2) is 4.79 Å². The molecule has 3 amide bonds. The quantitative estimate of drug-likeness (QED) is 0.643. The highest BCUT2D eigenvalue weighted by molar-refractivity contribution is 6.34. The Morgan fingerprint density at radius 1 is 1.07 bits per heavy atom. The summed E-state index contributed by atoms with van der Waals surface area (Å²) in [6, 6.07) is 18.2. The van der Waals surface area contributed by atoms with Gasteiger partial charge in [-0.1, -0.05) is 41.9 Å². The van der Waals surface area contributed by atoms with Crippen molar-refractivity contribution in [2.75, 3.05) is 23.3 Å². The lowest BCUT2D eigenvalue weighted by Gasteiger charge is -2.36. The van der Waals surface area contributed by atoms with Crippen LogP contribution < -0.4 is 10.2 Å². The number of benzene rings is 2. The molecule has 0 spiro atoms. The molecular weight excluding hydrogens is 390 g/mol. The van der Waals surface area contributed by atoms with E-state index in [1.165, 1.54) is 6.26 Å². The highest BCUT2D eigenvalue weighted by Gasteiger charge is 2.27. The molecule has 3 aromatic rings. The van der Waals surface area contributed by atoms with Crippen LogP contribution in [0.3, 0.4) is 0 Å². The maximum absolute atomic E-state index is 13.1.